The summed E-state index contributed by atoms with van der Waals surface area (Å²) in [5, 5.41) is 13.3. The van der Waals surface area contributed by atoms with Gasteiger partial charge in [-0.2, -0.15) is 0 Å². The number of amides is 1. The van der Waals surface area contributed by atoms with E-state index in [0.29, 0.717) is 18.7 Å². The zero-order valence-corrected chi connectivity index (χ0v) is 21.9. The number of hydrogen-bond acceptors (Lipinski definition) is 6. The third-order valence-corrected chi connectivity index (χ3v) is 6.50. The number of carbonyl (C=O) groups is 2. The molecule has 1 amide bonds. The van der Waals surface area contributed by atoms with Gasteiger partial charge in [0.25, 0.3) is 5.69 Å². The predicted octanol–water partition coefficient (Wildman–Crippen LogP) is 7.28. The van der Waals surface area contributed by atoms with Gasteiger partial charge in [0.05, 0.1) is 4.92 Å². The summed E-state index contributed by atoms with van der Waals surface area (Å²) in [7, 11) is 0. The number of hydrogen-bond donors (Lipinski definition) is 1. The number of nitro groups is 1. The van der Waals surface area contributed by atoms with Gasteiger partial charge >= 0.3 is 12.1 Å². The monoisotopic (exact) mass is 538 g/mol. The molecule has 0 heterocycles. The molecule has 0 saturated heterocycles. The number of alkyl carbamates (subject to hydrolysis) is 1. The van der Waals surface area contributed by atoms with E-state index in [1.54, 1.807) is 0 Å². The Morgan fingerprint density at radius 1 is 0.912 bits per heavy atom. The van der Waals surface area contributed by atoms with Crippen molar-refractivity contribution in [2.24, 2.45) is 0 Å². The second kappa shape index (κ2) is 15.3. The van der Waals surface area contributed by atoms with E-state index in [-0.39, 0.29) is 11.7 Å². The lowest BCUT2D eigenvalue weighted by Crippen LogP contribution is -2.44. The van der Waals surface area contributed by atoms with Crippen molar-refractivity contribution in [2.75, 3.05) is 6.54 Å². The van der Waals surface area contributed by atoms with Gasteiger partial charge in [0.1, 0.15) is 5.75 Å². The molecule has 0 atom stereocenters. The van der Waals surface area contributed by atoms with Crippen LogP contribution in [-0.2, 0) is 9.53 Å². The Morgan fingerprint density at radius 3 is 1.91 bits per heavy atom. The number of non-ortho nitro benzene ring substituents is 1. The third-order valence-electron chi connectivity index (χ3n) is 5.14. The highest BCUT2D eigenvalue weighted by Gasteiger charge is 2.44. The summed E-state index contributed by atoms with van der Waals surface area (Å²) in [5.74, 6) is -0.0171. The molecule has 0 unspecified atom stereocenters. The summed E-state index contributed by atoms with van der Waals surface area (Å²) < 4.78 is 8.63. The van der Waals surface area contributed by atoms with Crippen LogP contribution in [-0.4, -0.2) is 32.9 Å². The van der Waals surface area contributed by atoms with Crippen LogP contribution in [0, 0.1) is 10.1 Å². The van der Waals surface area contributed by atoms with Crippen LogP contribution in [0.3, 0.4) is 0 Å². The fraction of sp³-hybridized carbons (Fsp3) is 0.652. The molecular weight excluding hydrogens is 507 g/mol. The van der Waals surface area contributed by atoms with E-state index in [0.717, 1.165) is 57.8 Å². The number of nitrogens with one attached hydrogen (secondary N) is 1. The standard InChI is InChI=1S/C23H33Cl3N2O6/c1-22(2,23(24,25)26)34-21(30)27-17-11-9-7-5-3-4-6-8-10-12-20(29)33-19-15-13-18(14-16-19)28(31)32/h13-16H,3-12,17H2,1-2H3,(H,27,30). The minimum absolute atomic E-state index is 0.0426. The average molecular weight is 540 g/mol. The van der Waals surface area contributed by atoms with Crippen molar-refractivity contribution in [2.45, 2.75) is 87.4 Å². The first-order valence-corrected chi connectivity index (χ1v) is 12.5. The molecular formula is C23H33Cl3N2O6. The van der Waals surface area contributed by atoms with Crippen LogP contribution in [0.5, 0.6) is 5.75 Å². The van der Waals surface area contributed by atoms with E-state index in [1.807, 2.05) is 0 Å². The molecule has 1 aromatic rings. The number of esters is 1. The molecule has 0 aliphatic heterocycles. The maximum absolute atomic E-state index is 11.8. The molecule has 0 radical (unpaired) electrons. The molecule has 1 N–H and O–H groups in total. The normalized spacial score (nSPS) is 11.7. The number of carbonyl (C=O) groups excluding carboxylic acids is 2. The van der Waals surface area contributed by atoms with Crippen molar-refractivity contribution in [3.63, 3.8) is 0 Å². The van der Waals surface area contributed by atoms with Crippen molar-refractivity contribution in [1.82, 2.24) is 5.32 Å². The molecule has 11 heteroatoms. The molecule has 0 spiro atoms. The van der Waals surface area contributed by atoms with Crippen molar-refractivity contribution < 1.29 is 24.0 Å². The summed E-state index contributed by atoms with van der Waals surface area (Å²) in [5.41, 5.74) is -1.27. The van der Waals surface area contributed by atoms with E-state index in [1.165, 1.54) is 38.1 Å². The zero-order chi connectivity index (χ0) is 25.6. The van der Waals surface area contributed by atoms with Gasteiger partial charge in [-0.25, -0.2) is 4.79 Å². The van der Waals surface area contributed by atoms with E-state index >= 15 is 0 Å². The van der Waals surface area contributed by atoms with E-state index in [9.17, 15) is 19.7 Å². The number of ether oxygens (including phenoxy) is 2. The van der Waals surface area contributed by atoms with E-state index < -0.39 is 20.4 Å². The lowest BCUT2D eigenvalue weighted by molar-refractivity contribution is -0.384. The van der Waals surface area contributed by atoms with Crippen molar-refractivity contribution in [1.29, 1.82) is 0 Å². The lowest BCUT2D eigenvalue weighted by atomic mass is 10.1. The molecule has 0 bridgehead atoms. The maximum Gasteiger partial charge on any atom is 0.407 e. The van der Waals surface area contributed by atoms with Crippen LogP contribution in [0.4, 0.5) is 10.5 Å². The van der Waals surface area contributed by atoms with Gasteiger partial charge in [0.2, 0.25) is 3.79 Å². The first kappa shape index (κ1) is 30.3. The van der Waals surface area contributed by atoms with Gasteiger partial charge in [0, 0.05) is 25.1 Å². The Hall–Kier alpha value is -1.77. The largest absolute Gasteiger partial charge is 0.439 e. The van der Waals surface area contributed by atoms with Crippen LogP contribution in [0.1, 0.15) is 78.1 Å². The Morgan fingerprint density at radius 2 is 1.41 bits per heavy atom. The first-order valence-electron chi connectivity index (χ1n) is 11.4. The molecule has 0 saturated carbocycles. The molecule has 0 fully saturated rings. The molecule has 0 aliphatic carbocycles. The fourth-order valence-electron chi connectivity index (χ4n) is 2.97. The number of nitrogens with zero attached hydrogens (tertiary/aromatic N) is 1. The fourth-order valence-corrected chi connectivity index (χ4v) is 3.08. The van der Waals surface area contributed by atoms with Crippen molar-refractivity contribution in [3.8, 4) is 5.75 Å². The molecule has 0 aliphatic rings. The number of nitro benzene ring substituents is 1. The smallest absolute Gasteiger partial charge is 0.407 e. The third kappa shape index (κ3) is 12.6. The highest BCUT2D eigenvalue weighted by molar-refractivity contribution is 6.68. The van der Waals surface area contributed by atoms with Gasteiger partial charge in [0.15, 0.2) is 5.60 Å². The molecule has 192 valence electrons. The summed E-state index contributed by atoms with van der Waals surface area (Å²) in [6.45, 7) is 3.57. The van der Waals surface area contributed by atoms with Crippen LogP contribution in [0.25, 0.3) is 0 Å². The van der Waals surface area contributed by atoms with Gasteiger partial charge in [-0.3, -0.25) is 14.9 Å². The highest BCUT2D eigenvalue weighted by atomic mass is 35.6. The number of benzene rings is 1. The number of rotatable bonds is 15. The predicted molar refractivity (Wildman–Crippen MR) is 134 cm³/mol. The summed E-state index contributed by atoms with van der Waals surface area (Å²) >= 11 is 17.4. The maximum atomic E-state index is 11.8. The summed E-state index contributed by atoms with van der Waals surface area (Å²) in [4.78, 5) is 33.7. The Bertz CT molecular complexity index is 782. The van der Waals surface area contributed by atoms with Crippen molar-refractivity contribution >= 4 is 52.6 Å². The number of halogens is 3. The van der Waals surface area contributed by atoms with E-state index in [2.05, 4.69) is 5.32 Å². The number of unbranched alkanes of at least 4 members (excludes halogenated alkanes) is 8. The molecule has 1 rings (SSSR count). The van der Waals surface area contributed by atoms with E-state index in [4.69, 9.17) is 44.3 Å². The van der Waals surface area contributed by atoms with Gasteiger partial charge in [-0.15, -0.1) is 0 Å². The molecule has 1 aromatic carbocycles. The second-order valence-corrected chi connectivity index (χ2v) is 10.8. The first-order chi connectivity index (χ1) is 15.9. The van der Waals surface area contributed by atoms with Gasteiger partial charge in [-0.1, -0.05) is 79.7 Å². The Labute approximate surface area is 215 Å². The van der Waals surface area contributed by atoms with Crippen molar-refractivity contribution in [3.05, 3.63) is 34.4 Å². The minimum atomic E-state index is -1.71. The van der Waals surface area contributed by atoms with Crippen LogP contribution < -0.4 is 10.1 Å². The second-order valence-electron chi connectivity index (χ2n) is 8.48. The number of alkyl halides is 3. The molecule has 34 heavy (non-hydrogen) atoms. The Kier molecular flexibility index (Phi) is 13.6. The SMILES string of the molecule is CC(C)(OC(=O)NCCCCCCCCCCCC(=O)Oc1ccc([N+](=O)[O-])cc1)C(Cl)(Cl)Cl. The zero-order valence-electron chi connectivity index (χ0n) is 19.6. The Balaban J connectivity index is 1.96. The molecule has 8 nitrogen and oxygen atoms in total. The van der Waals surface area contributed by atoms with Crippen LogP contribution in [0.2, 0.25) is 0 Å². The molecule has 0 aromatic heterocycles. The quantitative estimate of drug-likeness (QED) is 0.0626. The highest BCUT2D eigenvalue weighted by Crippen LogP contribution is 2.40. The topological polar surface area (TPSA) is 108 Å². The average Bonchev–Trinajstić information content (AvgIpc) is 2.73. The van der Waals surface area contributed by atoms with Gasteiger partial charge in [-0.05, 0) is 38.8 Å². The summed E-state index contributed by atoms with van der Waals surface area (Å²) in [6.07, 6.45) is 8.76. The summed E-state index contributed by atoms with van der Waals surface area (Å²) in [6, 6.07) is 5.46. The van der Waals surface area contributed by atoms with Crippen LogP contribution in [0.15, 0.2) is 24.3 Å². The van der Waals surface area contributed by atoms with Crippen LogP contribution >= 0.6 is 34.8 Å². The van der Waals surface area contributed by atoms with Gasteiger partial charge < -0.3 is 14.8 Å². The minimum Gasteiger partial charge on any atom is -0.439 e. The lowest BCUT2D eigenvalue weighted by Gasteiger charge is -2.31.